The average molecular weight is 414 g/mol. The van der Waals surface area contributed by atoms with Gasteiger partial charge >= 0.3 is 0 Å². The Morgan fingerprint density at radius 2 is 1.97 bits per heavy atom. The molecule has 2 aliphatic rings. The molecule has 1 aliphatic carbocycles. The smallest absolute Gasteiger partial charge is 0.262 e. The standard InChI is InChI=1S/C22H27N3O3S/c1-14-7-5-10-18(15(14)2)25-21(28)16-8-3-4-9-17(16)23-22(25)29-13-20(27)24-12-6-11-19(24)26/h3-4,8-9,14-15,18H,5-7,10-13H2,1-2H3/t14-,15-,18-/m1/s1. The number of nitrogens with zero attached hydrogens (tertiary/aromatic N) is 3. The molecule has 0 radical (unpaired) electrons. The Morgan fingerprint density at radius 3 is 2.72 bits per heavy atom. The van der Waals surface area contributed by atoms with E-state index >= 15 is 0 Å². The molecule has 1 aromatic carbocycles. The Morgan fingerprint density at radius 1 is 1.17 bits per heavy atom. The second-order valence-electron chi connectivity index (χ2n) is 8.25. The first-order valence-electron chi connectivity index (χ1n) is 10.4. The summed E-state index contributed by atoms with van der Waals surface area (Å²) in [5, 5.41) is 1.20. The zero-order chi connectivity index (χ0) is 20.5. The van der Waals surface area contributed by atoms with E-state index in [1.54, 1.807) is 0 Å². The van der Waals surface area contributed by atoms with Crippen LogP contribution in [0.15, 0.2) is 34.2 Å². The molecule has 1 aromatic heterocycles. The fourth-order valence-electron chi connectivity index (χ4n) is 4.55. The number of amides is 2. The minimum atomic E-state index is -0.198. The summed E-state index contributed by atoms with van der Waals surface area (Å²) in [5.41, 5.74) is 0.617. The summed E-state index contributed by atoms with van der Waals surface area (Å²) in [5.74, 6) is 0.715. The van der Waals surface area contributed by atoms with Gasteiger partial charge in [-0.2, -0.15) is 0 Å². The van der Waals surface area contributed by atoms with Gasteiger partial charge in [-0.3, -0.25) is 23.9 Å². The van der Waals surface area contributed by atoms with Crippen LogP contribution in [0, 0.1) is 11.8 Å². The van der Waals surface area contributed by atoms with Crippen molar-refractivity contribution in [2.45, 2.75) is 57.1 Å². The molecule has 4 rings (SSSR count). The molecule has 3 atom stereocenters. The summed E-state index contributed by atoms with van der Waals surface area (Å²) in [6.07, 6.45) is 4.36. The van der Waals surface area contributed by atoms with Gasteiger partial charge in [-0.15, -0.1) is 0 Å². The van der Waals surface area contributed by atoms with E-state index in [2.05, 4.69) is 13.8 Å². The number of fused-ring (bicyclic) bond motifs is 1. The first kappa shape index (κ1) is 20.1. The zero-order valence-electron chi connectivity index (χ0n) is 17.0. The molecule has 1 saturated carbocycles. The molecule has 7 heteroatoms. The summed E-state index contributed by atoms with van der Waals surface area (Å²) in [7, 11) is 0. The number of benzene rings is 1. The van der Waals surface area contributed by atoms with Gasteiger partial charge in [0.1, 0.15) is 0 Å². The molecule has 1 aliphatic heterocycles. The van der Waals surface area contributed by atoms with Gasteiger partial charge in [0.15, 0.2) is 5.16 Å². The molecule has 2 fully saturated rings. The lowest BCUT2D eigenvalue weighted by Crippen LogP contribution is -2.36. The van der Waals surface area contributed by atoms with Crippen molar-refractivity contribution in [2.75, 3.05) is 12.3 Å². The van der Waals surface area contributed by atoms with Gasteiger partial charge in [-0.05, 0) is 36.8 Å². The number of rotatable bonds is 4. The Balaban J connectivity index is 1.70. The van der Waals surface area contributed by atoms with E-state index in [0.717, 1.165) is 19.3 Å². The van der Waals surface area contributed by atoms with Crippen molar-refractivity contribution in [3.05, 3.63) is 34.6 Å². The second-order valence-corrected chi connectivity index (χ2v) is 9.20. The number of carbonyl (C=O) groups excluding carboxylic acids is 2. The molecule has 6 nitrogen and oxygen atoms in total. The predicted molar refractivity (Wildman–Crippen MR) is 114 cm³/mol. The van der Waals surface area contributed by atoms with Crippen LogP contribution in [-0.2, 0) is 9.59 Å². The van der Waals surface area contributed by atoms with Crippen LogP contribution in [0.4, 0.5) is 0 Å². The third-order valence-electron chi connectivity index (χ3n) is 6.47. The Kier molecular flexibility index (Phi) is 5.76. The average Bonchev–Trinajstić information content (AvgIpc) is 3.15. The lowest BCUT2D eigenvalue weighted by atomic mass is 9.78. The van der Waals surface area contributed by atoms with Crippen molar-refractivity contribution in [1.82, 2.24) is 14.5 Å². The first-order chi connectivity index (χ1) is 14.0. The largest absolute Gasteiger partial charge is 0.284 e. The van der Waals surface area contributed by atoms with Crippen molar-refractivity contribution < 1.29 is 9.59 Å². The maximum atomic E-state index is 13.4. The van der Waals surface area contributed by atoms with Gasteiger partial charge in [0.2, 0.25) is 11.8 Å². The van der Waals surface area contributed by atoms with E-state index in [-0.39, 0.29) is 29.2 Å². The molecule has 29 heavy (non-hydrogen) atoms. The molecule has 2 amide bonds. The molecule has 0 bridgehead atoms. The van der Waals surface area contributed by atoms with Crippen LogP contribution < -0.4 is 5.56 Å². The van der Waals surface area contributed by atoms with Crippen LogP contribution in [-0.4, -0.2) is 38.6 Å². The highest BCUT2D eigenvalue weighted by Gasteiger charge is 2.32. The molecule has 0 unspecified atom stereocenters. The molecular formula is C22H27N3O3S. The van der Waals surface area contributed by atoms with Crippen molar-refractivity contribution >= 4 is 34.5 Å². The number of imide groups is 1. The Hall–Kier alpha value is -2.15. The molecule has 154 valence electrons. The van der Waals surface area contributed by atoms with Crippen molar-refractivity contribution in [1.29, 1.82) is 0 Å². The molecule has 2 aromatic rings. The van der Waals surface area contributed by atoms with Gasteiger partial charge < -0.3 is 0 Å². The molecular weight excluding hydrogens is 386 g/mol. The zero-order valence-corrected chi connectivity index (χ0v) is 17.8. The quantitative estimate of drug-likeness (QED) is 0.565. The number of aromatic nitrogens is 2. The highest BCUT2D eigenvalue weighted by atomic mass is 32.2. The van der Waals surface area contributed by atoms with Crippen LogP contribution in [0.3, 0.4) is 0 Å². The Bertz CT molecular complexity index is 1000. The van der Waals surface area contributed by atoms with Gasteiger partial charge in [-0.25, -0.2) is 4.98 Å². The summed E-state index contributed by atoms with van der Waals surface area (Å²) in [6, 6.07) is 7.46. The summed E-state index contributed by atoms with van der Waals surface area (Å²) in [6.45, 7) is 4.94. The number of likely N-dealkylation sites (tertiary alicyclic amines) is 1. The third-order valence-corrected chi connectivity index (χ3v) is 7.41. The number of para-hydroxylation sites is 1. The molecule has 0 N–H and O–H groups in total. The number of carbonyl (C=O) groups is 2. The van der Waals surface area contributed by atoms with Crippen molar-refractivity contribution in [3.8, 4) is 0 Å². The number of thioether (sulfide) groups is 1. The third kappa shape index (κ3) is 3.84. The van der Waals surface area contributed by atoms with Gasteiger partial charge in [-0.1, -0.05) is 50.6 Å². The number of hydrogen-bond donors (Lipinski definition) is 0. The van der Waals surface area contributed by atoms with Crippen LogP contribution in [0.2, 0.25) is 0 Å². The monoisotopic (exact) mass is 413 g/mol. The summed E-state index contributed by atoms with van der Waals surface area (Å²) < 4.78 is 1.83. The minimum Gasteiger partial charge on any atom is -0.284 e. The molecule has 0 spiro atoms. The van der Waals surface area contributed by atoms with Crippen LogP contribution in [0.1, 0.15) is 52.0 Å². The van der Waals surface area contributed by atoms with Crippen LogP contribution in [0.5, 0.6) is 0 Å². The van der Waals surface area contributed by atoms with E-state index in [4.69, 9.17) is 4.98 Å². The second kappa shape index (κ2) is 8.30. The van der Waals surface area contributed by atoms with Crippen LogP contribution in [0.25, 0.3) is 10.9 Å². The number of hydrogen-bond acceptors (Lipinski definition) is 5. The van der Waals surface area contributed by atoms with E-state index in [0.29, 0.717) is 40.9 Å². The maximum Gasteiger partial charge on any atom is 0.262 e. The molecule has 2 heterocycles. The highest BCUT2D eigenvalue weighted by Crippen LogP contribution is 2.38. The lowest BCUT2D eigenvalue weighted by Gasteiger charge is -2.36. The van der Waals surface area contributed by atoms with E-state index in [1.807, 2.05) is 28.8 Å². The minimum absolute atomic E-state index is 0.0336. The van der Waals surface area contributed by atoms with Gasteiger partial charge in [0.25, 0.3) is 5.56 Å². The highest BCUT2D eigenvalue weighted by molar-refractivity contribution is 7.99. The first-order valence-corrected chi connectivity index (χ1v) is 11.4. The van der Waals surface area contributed by atoms with Gasteiger partial charge in [0.05, 0.1) is 16.7 Å². The fraction of sp³-hybridized carbons (Fsp3) is 0.545. The molecule has 1 saturated heterocycles. The SMILES string of the molecule is C[C@@H]1[C@H](C)CCC[C@H]1n1c(SCC(=O)N2CCCC2=O)nc2ccccc2c1=O. The lowest BCUT2D eigenvalue weighted by molar-refractivity contribution is -0.140. The van der Waals surface area contributed by atoms with Gasteiger partial charge in [0, 0.05) is 19.0 Å². The van der Waals surface area contributed by atoms with Crippen molar-refractivity contribution in [2.24, 2.45) is 11.8 Å². The van der Waals surface area contributed by atoms with E-state index in [9.17, 15) is 14.4 Å². The normalized spacial score (nSPS) is 25.0. The fourth-order valence-corrected chi connectivity index (χ4v) is 5.48. The van der Waals surface area contributed by atoms with E-state index < -0.39 is 0 Å². The maximum absolute atomic E-state index is 13.4. The summed E-state index contributed by atoms with van der Waals surface area (Å²) in [4.78, 5) is 43.9. The van der Waals surface area contributed by atoms with E-state index in [1.165, 1.54) is 23.1 Å². The summed E-state index contributed by atoms with van der Waals surface area (Å²) >= 11 is 1.28. The predicted octanol–water partition coefficient (Wildman–Crippen LogP) is 3.63. The Labute approximate surface area is 174 Å². The van der Waals surface area contributed by atoms with Crippen LogP contribution >= 0.6 is 11.8 Å². The topological polar surface area (TPSA) is 72.3 Å². The van der Waals surface area contributed by atoms with Crippen molar-refractivity contribution in [3.63, 3.8) is 0 Å².